The summed E-state index contributed by atoms with van der Waals surface area (Å²) in [4.78, 5) is 27.2. The lowest BCUT2D eigenvalue weighted by Gasteiger charge is -2.24. The lowest BCUT2D eigenvalue weighted by molar-refractivity contribution is -0.137. The van der Waals surface area contributed by atoms with Gasteiger partial charge in [-0.1, -0.05) is 5.92 Å². The van der Waals surface area contributed by atoms with Crippen LogP contribution in [0.3, 0.4) is 0 Å². The number of nitrogens with one attached hydrogen (secondary N) is 2. The molecule has 2 aromatic rings. The number of hydrogen-bond acceptors (Lipinski definition) is 10. The normalized spacial score (nSPS) is 26.5. The number of rotatable bonds is 4. The average Bonchev–Trinajstić information content (AvgIpc) is 3.31. The van der Waals surface area contributed by atoms with Crippen LogP contribution in [-0.4, -0.2) is 98.1 Å². The van der Waals surface area contributed by atoms with Gasteiger partial charge in [-0.3, -0.25) is 14.3 Å². The maximum atomic E-state index is 12.1. The first kappa shape index (κ1) is 21.4. The number of carbonyl (C=O) groups is 1. The molecule has 0 aliphatic carbocycles. The number of imidazole rings is 1. The van der Waals surface area contributed by atoms with Gasteiger partial charge in [0.05, 0.1) is 12.9 Å². The molecule has 12 heteroatoms. The number of likely N-dealkylation sites (N-methyl/N-ethyl adjacent to an activating group) is 1. The van der Waals surface area contributed by atoms with E-state index in [1.54, 1.807) is 6.92 Å². The zero-order valence-electron chi connectivity index (χ0n) is 17.2. The molecular formula is C19H26N8O4. The Labute approximate surface area is 178 Å². The zero-order valence-corrected chi connectivity index (χ0v) is 17.2. The van der Waals surface area contributed by atoms with Gasteiger partial charge in [-0.2, -0.15) is 0 Å². The van der Waals surface area contributed by atoms with Crippen molar-refractivity contribution in [2.75, 3.05) is 45.0 Å². The molecule has 0 radical (unpaired) electrons. The Morgan fingerprint density at radius 3 is 2.87 bits per heavy atom. The Balaban J connectivity index is 1.58. The summed E-state index contributed by atoms with van der Waals surface area (Å²) < 4.78 is 7.09. The summed E-state index contributed by atoms with van der Waals surface area (Å²) in [5, 5.41) is 26.6. The lowest BCUT2D eigenvalue weighted by atomic mass is 10.1. The number of nitrogens with two attached hydrogens (primary N) is 1. The average molecular weight is 430 g/mol. The molecule has 0 bridgehead atoms. The minimum absolute atomic E-state index is 0.142. The highest BCUT2D eigenvalue weighted by atomic mass is 16.6. The Kier molecular flexibility index (Phi) is 6.30. The van der Waals surface area contributed by atoms with E-state index in [-0.39, 0.29) is 11.6 Å². The fraction of sp³-hybridized carbons (Fsp3) is 0.579. The molecule has 6 N–H and O–H groups in total. The van der Waals surface area contributed by atoms with Gasteiger partial charge < -0.3 is 31.3 Å². The molecule has 2 saturated heterocycles. The van der Waals surface area contributed by atoms with Crippen LogP contribution in [0.15, 0.2) is 6.33 Å². The summed E-state index contributed by atoms with van der Waals surface area (Å²) in [5.74, 6) is 5.84. The Morgan fingerprint density at radius 2 is 2.13 bits per heavy atom. The van der Waals surface area contributed by atoms with Crippen molar-refractivity contribution in [3.8, 4) is 11.8 Å². The molecule has 1 unspecified atom stereocenters. The SMILES string of the molecule is CCNC(=O)[C@H]1O[C@@H](n2cnc3c(N)nc(C#CCN4CCNCC4)nc32)[C@@H](O)C1O. The van der Waals surface area contributed by atoms with E-state index in [2.05, 4.69) is 42.3 Å². The maximum absolute atomic E-state index is 12.1. The molecular weight excluding hydrogens is 404 g/mol. The number of fused-ring (bicyclic) bond motifs is 1. The lowest BCUT2D eigenvalue weighted by Crippen LogP contribution is -2.43. The fourth-order valence-electron chi connectivity index (χ4n) is 3.66. The van der Waals surface area contributed by atoms with Crippen molar-refractivity contribution >= 4 is 22.9 Å². The third-order valence-electron chi connectivity index (χ3n) is 5.28. The highest BCUT2D eigenvalue weighted by Crippen LogP contribution is 2.32. The van der Waals surface area contributed by atoms with Crippen LogP contribution in [0.2, 0.25) is 0 Å². The van der Waals surface area contributed by atoms with Crippen LogP contribution in [0.4, 0.5) is 5.82 Å². The largest absolute Gasteiger partial charge is 0.387 e. The highest BCUT2D eigenvalue weighted by molar-refractivity contribution is 5.83. The molecule has 12 nitrogen and oxygen atoms in total. The van der Waals surface area contributed by atoms with E-state index in [0.29, 0.717) is 24.3 Å². The molecule has 2 aromatic heterocycles. The number of hydrogen-bond donors (Lipinski definition) is 5. The Hall–Kier alpha value is -2.82. The van der Waals surface area contributed by atoms with E-state index in [1.807, 2.05) is 0 Å². The van der Waals surface area contributed by atoms with Gasteiger partial charge in [-0.25, -0.2) is 15.0 Å². The predicted molar refractivity (Wildman–Crippen MR) is 111 cm³/mol. The third-order valence-corrected chi connectivity index (χ3v) is 5.28. The van der Waals surface area contributed by atoms with Gasteiger partial charge in [-0.05, 0) is 12.8 Å². The van der Waals surface area contributed by atoms with E-state index in [9.17, 15) is 15.0 Å². The third kappa shape index (κ3) is 4.32. The summed E-state index contributed by atoms with van der Waals surface area (Å²) in [6.45, 7) is 6.44. The molecule has 0 spiro atoms. The Bertz CT molecular complexity index is 1010. The fourth-order valence-corrected chi connectivity index (χ4v) is 3.66. The molecule has 4 atom stereocenters. The molecule has 2 aliphatic rings. The first-order chi connectivity index (χ1) is 15.0. The molecule has 31 heavy (non-hydrogen) atoms. The topological polar surface area (TPSA) is 164 Å². The highest BCUT2D eigenvalue weighted by Gasteiger charge is 2.47. The molecule has 2 fully saturated rings. The van der Waals surface area contributed by atoms with E-state index >= 15 is 0 Å². The number of aliphatic hydroxyl groups is 2. The van der Waals surface area contributed by atoms with Crippen LogP contribution in [-0.2, 0) is 9.53 Å². The number of carbonyl (C=O) groups excluding carboxylic acids is 1. The molecule has 4 rings (SSSR count). The van der Waals surface area contributed by atoms with Gasteiger partial charge in [0.15, 0.2) is 23.8 Å². The van der Waals surface area contributed by atoms with Crippen molar-refractivity contribution in [1.29, 1.82) is 0 Å². The van der Waals surface area contributed by atoms with Crippen molar-refractivity contribution in [1.82, 2.24) is 35.1 Å². The smallest absolute Gasteiger partial charge is 0.252 e. The number of ether oxygens (including phenoxy) is 1. The van der Waals surface area contributed by atoms with E-state index in [1.165, 1.54) is 10.9 Å². The van der Waals surface area contributed by atoms with Crippen molar-refractivity contribution in [3.63, 3.8) is 0 Å². The predicted octanol–water partition coefficient (Wildman–Crippen LogP) is -2.58. The van der Waals surface area contributed by atoms with Gasteiger partial charge in [-0.15, -0.1) is 0 Å². The summed E-state index contributed by atoms with van der Waals surface area (Å²) >= 11 is 0. The van der Waals surface area contributed by atoms with Crippen LogP contribution in [0.1, 0.15) is 19.0 Å². The number of anilines is 1. The van der Waals surface area contributed by atoms with Gasteiger partial charge in [0.25, 0.3) is 5.91 Å². The molecule has 166 valence electrons. The van der Waals surface area contributed by atoms with Gasteiger partial charge >= 0.3 is 0 Å². The molecule has 0 saturated carbocycles. The van der Waals surface area contributed by atoms with E-state index in [4.69, 9.17) is 10.5 Å². The van der Waals surface area contributed by atoms with Crippen molar-refractivity contribution in [3.05, 3.63) is 12.2 Å². The molecule has 0 aromatic carbocycles. The van der Waals surface area contributed by atoms with E-state index in [0.717, 1.165) is 26.2 Å². The number of nitrogens with zero attached hydrogens (tertiary/aromatic N) is 5. The van der Waals surface area contributed by atoms with Gasteiger partial charge in [0, 0.05) is 32.7 Å². The zero-order chi connectivity index (χ0) is 22.0. The second-order valence-electron chi connectivity index (χ2n) is 7.41. The first-order valence-electron chi connectivity index (χ1n) is 10.2. The van der Waals surface area contributed by atoms with Crippen molar-refractivity contribution in [2.24, 2.45) is 0 Å². The minimum Gasteiger partial charge on any atom is -0.387 e. The van der Waals surface area contributed by atoms with Crippen molar-refractivity contribution < 1.29 is 19.7 Å². The molecule has 4 heterocycles. The van der Waals surface area contributed by atoms with Gasteiger partial charge in [0.1, 0.15) is 17.7 Å². The van der Waals surface area contributed by atoms with Crippen LogP contribution in [0, 0.1) is 11.8 Å². The molecule has 1 amide bonds. The first-order valence-corrected chi connectivity index (χ1v) is 10.2. The van der Waals surface area contributed by atoms with Crippen LogP contribution in [0.25, 0.3) is 11.2 Å². The summed E-state index contributed by atoms with van der Waals surface area (Å²) in [7, 11) is 0. The monoisotopic (exact) mass is 430 g/mol. The number of amides is 1. The standard InChI is InChI=1S/C19H26N8O4/c1-2-22-18(30)15-13(28)14(29)19(31-15)27-10-23-12-16(20)24-11(25-17(12)27)4-3-7-26-8-5-21-6-9-26/h10,13-15,19,21,28-29H,2,5-9H2,1H3,(H,22,30)(H2,20,24,25)/t13?,14-,15-,19+/m0/s1. The quantitative estimate of drug-likeness (QED) is 0.326. The second-order valence-corrected chi connectivity index (χ2v) is 7.41. The summed E-state index contributed by atoms with van der Waals surface area (Å²) in [6.07, 6.45) is -3.65. The van der Waals surface area contributed by atoms with Crippen LogP contribution >= 0.6 is 0 Å². The number of aliphatic hydroxyl groups excluding tert-OH is 2. The number of piperazine rings is 1. The Morgan fingerprint density at radius 1 is 1.35 bits per heavy atom. The van der Waals surface area contributed by atoms with Crippen molar-refractivity contribution in [2.45, 2.75) is 31.5 Å². The summed E-state index contributed by atoms with van der Waals surface area (Å²) in [6, 6.07) is 0. The van der Waals surface area contributed by atoms with Crippen LogP contribution in [0.5, 0.6) is 0 Å². The maximum Gasteiger partial charge on any atom is 0.252 e. The number of nitrogen functional groups attached to an aromatic ring is 1. The number of aromatic nitrogens is 4. The van der Waals surface area contributed by atoms with Gasteiger partial charge in [0.2, 0.25) is 5.82 Å². The van der Waals surface area contributed by atoms with E-state index < -0.39 is 30.4 Å². The second kappa shape index (κ2) is 9.13. The summed E-state index contributed by atoms with van der Waals surface area (Å²) in [5.41, 5.74) is 6.65. The van der Waals surface area contributed by atoms with Crippen LogP contribution < -0.4 is 16.4 Å². The molecule has 2 aliphatic heterocycles. The minimum atomic E-state index is -1.40.